The molecule has 28 heavy (non-hydrogen) atoms. The summed E-state index contributed by atoms with van der Waals surface area (Å²) in [6, 6.07) is 7.93. The third kappa shape index (κ3) is 2.88. The molecule has 0 spiro atoms. The summed E-state index contributed by atoms with van der Waals surface area (Å²) >= 11 is 0. The van der Waals surface area contributed by atoms with E-state index in [1.54, 1.807) is 12.4 Å². The van der Waals surface area contributed by atoms with Crippen molar-refractivity contribution in [2.45, 2.75) is 18.8 Å². The van der Waals surface area contributed by atoms with Crippen molar-refractivity contribution in [1.82, 2.24) is 34.8 Å². The molecule has 0 atom stereocenters. The van der Waals surface area contributed by atoms with Gasteiger partial charge in [-0.2, -0.15) is 4.52 Å². The number of nitrogens with zero attached hydrogens (tertiary/aromatic N) is 9. The lowest BCUT2D eigenvalue weighted by atomic mass is 9.96. The topological polar surface area (TPSA) is 88.2 Å². The first kappa shape index (κ1) is 16.8. The molecule has 0 amide bonds. The van der Waals surface area contributed by atoms with Gasteiger partial charge in [0.25, 0.3) is 0 Å². The molecule has 5 rings (SSSR count). The van der Waals surface area contributed by atoms with Gasteiger partial charge in [-0.05, 0) is 37.1 Å². The Kier molecular flexibility index (Phi) is 4.00. The summed E-state index contributed by atoms with van der Waals surface area (Å²) in [5.41, 5.74) is 2.29. The Morgan fingerprint density at radius 1 is 0.964 bits per heavy atom. The highest BCUT2D eigenvalue weighted by Crippen LogP contribution is 2.29. The molecule has 0 aliphatic carbocycles. The van der Waals surface area contributed by atoms with Crippen LogP contribution in [-0.2, 0) is 0 Å². The van der Waals surface area contributed by atoms with Crippen LogP contribution in [0.2, 0.25) is 0 Å². The standard InChI is InChI=1S/C19H21N9/c1-26(2)17-6-5-16-23-24-19(28(16)25-17)13-7-11-27(12-8-13)15-4-3-14-18(22-15)21-10-9-20-14/h3-6,9-10,13H,7-8,11-12H2,1-2H3. The molecule has 9 nitrogen and oxygen atoms in total. The predicted molar refractivity (Wildman–Crippen MR) is 107 cm³/mol. The molecule has 1 aliphatic rings. The van der Waals surface area contributed by atoms with Crippen LogP contribution in [0.3, 0.4) is 0 Å². The summed E-state index contributed by atoms with van der Waals surface area (Å²) in [6.07, 6.45) is 5.33. The van der Waals surface area contributed by atoms with Gasteiger partial charge >= 0.3 is 0 Å². The smallest absolute Gasteiger partial charge is 0.180 e. The van der Waals surface area contributed by atoms with Gasteiger partial charge in [0.2, 0.25) is 0 Å². The minimum absolute atomic E-state index is 0.330. The Labute approximate surface area is 162 Å². The molecule has 1 aliphatic heterocycles. The zero-order valence-corrected chi connectivity index (χ0v) is 15.9. The van der Waals surface area contributed by atoms with Gasteiger partial charge in [-0.15, -0.1) is 15.3 Å². The first-order valence-corrected chi connectivity index (χ1v) is 9.41. The average Bonchev–Trinajstić information content (AvgIpc) is 3.17. The lowest BCUT2D eigenvalue weighted by molar-refractivity contribution is 0.475. The van der Waals surface area contributed by atoms with Crippen molar-refractivity contribution >= 4 is 28.4 Å². The number of hydrogen-bond donors (Lipinski definition) is 0. The van der Waals surface area contributed by atoms with Gasteiger partial charge < -0.3 is 9.80 Å². The van der Waals surface area contributed by atoms with Crippen LogP contribution in [0.25, 0.3) is 16.8 Å². The molecule has 4 aromatic heterocycles. The molecule has 142 valence electrons. The van der Waals surface area contributed by atoms with E-state index >= 15 is 0 Å². The molecule has 0 bridgehead atoms. The Bertz CT molecular complexity index is 1130. The van der Waals surface area contributed by atoms with Gasteiger partial charge in [-0.3, -0.25) is 4.98 Å². The van der Waals surface area contributed by atoms with Gasteiger partial charge in [0.1, 0.15) is 17.2 Å². The zero-order valence-electron chi connectivity index (χ0n) is 15.9. The number of piperidine rings is 1. The molecule has 0 saturated carbocycles. The van der Waals surface area contributed by atoms with Gasteiger partial charge in [0.15, 0.2) is 17.1 Å². The number of fused-ring (bicyclic) bond motifs is 2. The average molecular weight is 375 g/mol. The first-order chi connectivity index (χ1) is 13.7. The lowest BCUT2D eigenvalue weighted by Crippen LogP contribution is -2.34. The largest absolute Gasteiger partial charge is 0.361 e. The molecule has 4 aromatic rings. The molecule has 1 saturated heterocycles. The molecular formula is C19H21N9. The quantitative estimate of drug-likeness (QED) is 0.537. The second-order valence-corrected chi connectivity index (χ2v) is 7.24. The minimum Gasteiger partial charge on any atom is -0.361 e. The molecule has 9 heteroatoms. The summed E-state index contributed by atoms with van der Waals surface area (Å²) < 4.78 is 1.89. The van der Waals surface area contributed by atoms with Crippen molar-refractivity contribution in [1.29, 1.82) is 0 Å². The Morgan fingerprint density at radius 2 is 1.79 bits per heavy atom. The molecule has 5 heterocycles. The Morgan fingerprint density at radius 3 is 2.61 bits per heavy atom. The van der Waals surface area contributed by atoms with E-state index in [0.29, 0.717) is 11.6 Å². The fourth-order valence-electron chi connectivity index (χ4n) is 3.68. The van der Waals surface area contributed by atoms with E-state index in [-0.39, 0.29) is 0 Å². The predicted octanol–water partition coefficient (Wildman–Crippen LogP) is 1.91. The maximum atomic E-state index is 4.70. The number of pyridine rings is 1. The van der Waals surface area contributed by atoms with E-state index in [0.717, 1.165) is 54.6 Å². The van der Waals surface area contributed by atoms with Crippen LogP contribution in [0.5, 0.6) is 0 Å². The van der Waals surface area contributed by atoms with Crippen molar-refractivity contribution in [3.63, 3.8) is 0 Å². The van der Waals surface area contributed by atoms with Crippen molar-refractivity contribution in [2.24, 2.45) is 0 Å². The van der Waals surface area contributed by atoms with Gasteiger partial charge in [0, 0.05) is 45.5 Å². The van der Waals surface area contributed by atoms with Crippen LogP contribution >= 0.6 is 0 Å². The van der Waals surface area contributed by atoms with Crippen LogP contribution < -0.4 is 9.80 Å². The number of rotatable bonds is 3. The maximum Gasteiger partial charge on any atom is 0.180 e. The van der Waals surface area contributed by atoms with Crippen molar-refractivity contribution < 1.29 is 0 Å². The lowest BCUT2D eigenvalue weighted by Gasteiger charge is -2.32. The SMILES string of the molecule is CN(C)c1ccc2nnc(C3CCN(c4ccc5nccnc5n4)CC3)n2n1. The van der Waals surface area contributed by atoms with Crippen LogP contribution in [-0.4, -0.2) is 61.9 Å². The van der Waals surface area contributed by atoms with E-state index in [2.05, 4.69) is 30.0 Å². The molecule has 0 unspecified atom stereocenters. The fraction of sp³-hybridized carbons (Fsp3) is 0.368. The van der Waals surface area contributed by atoms with Crippen LogP contribution in [0, 0.1) is 0 Å². The highest BCUT2D eigenvalue weighted by atomic mass is 15.4. The summed E-state index contributed by atoms with van der Waals surface area (Å²) in [7, 11) is 3.97. The molecule has 0 radical (unpaired) electrons. The van der Waals surface area contributed by atoms with Crippen LogP contribution in [0.15, 0.2) is 36.7 Å². The van der Waals surface area contributed by atoms with Gasteiger partial charge in [-0.1, -0.05) is 0 Å². The third-order valence-corrected chi connectivity index (χ3v) is 5.23. The highest BCUT2D eigenvalue weighted by Gasteiger charge is 2.26. The van der Waals surface area contributed by atoms with Gasteiger partial charge in [0.05, 0.1) is 0 Å². The number of anilines is 2. The maximum absolute atomic E-state index is 4.70. The first-order valence-electron chi connectivity index (χ1n) is 9.41. The van der Waals surface area contributed by atoms with Crippen molar-refractivity contribution in [3.05, 3.63) is 42.5 Å². The zero-order chi connectivity index (χ0) is 19.1. The Balaban J connectivity index is 1.36. The van der Waals surface area contributed by atoms with Crippen molar-refractivity contribution in [3.8, 4) is 0 Å². The number of aromatic nitrogens is 7. The number of hydrogen-bond acceptors (Lipinski definition) is 8. The van der Waals surface area contributed by atoms with E-state index in [9.17, 15) is 0 Å². The monoisotopic (exact) mass is 375 g/mol. The molecule has 0 aromatic carbocycles. The second kappa shape index (κ2) is 6.66. The van der Waals surface area contributed by atoms with Gasteiger partial charge in [-0.25, -0.2) is 9.97 Å². The van der Waals surface area contributed by atoms with E-state index in [4.69, 9.17) is 5.10 Å². The summed E-state index contributed by atoms with van der Waals surface area (Å²) in [6.45, 7) is 1.82. The second-order valence-electron chi connectivity index (χ2n) is 7.24. The Hall–Kier alpha value is -3.36. The molecule has 0 N–H and O–H groups in total. The molecular weight excluding hydrogens is 354 g/mol. The third-order valence-electron chi connectivity index (χ3n) is 5.23. The van der Waals surface area contributed by atoms with E-state index < -0.39 is 0 Å². The normalized spacial score (nSPS) is 15.4. The van der Waals surface area contributed by atoms with E-state index in [1.807, 2.05) is 47.8 Å². The fourth-order valence-corrected chi connectivity index (χ4v) is 3.68. The van der Waals surface area contributed by atoms with Crippen LogP contribution in [0.1, 0.15) is 24.6 Å². The molecule has 1 fully saturated rings. The minimum atomic E-state index is 0.330. The van der Waals surface area contributed by atoms with E-state index in [1.165, 1.54) is 0 Å². The summed E-state index contributed by atoms with van der Waals surface area (Å²) in [5, 5.41) is 13.4. The van der Waals surface area contributed by atoms with Crippen LogP contribution in [0.4, 0.5) is 11.6 Å². The summed E-state index contributed by atoms with van der Waals surface area (Å²) in [5.74, 6) is 3.12. The summed E-state index contributed by atoms with van der Waals surface area (Å²) in [4.78, 5) is 17.6. The highest BCUT2D eigenvalue weighted by molar-refractivity contribution is 5.71. The van der Waals surface area contributed by atoms with Crippen molar-refractivity contribution in [2.75, 3.05) is 37.0 Å².